The van der Waals surface area contributed by atoms with E-state index in [0.29, 0.717) is 6.54 Å². The predicted molar refractivity (Wildman–Crippen MR) is 63.5 cm³/mol. The third-order valence-electron chi connectivity index (χ3n) is 1.72. The topological polar surface area (TPSA) is 67.2 Å². The summed E-state index contributed by atoms with van der Waals surface area (Å²) in [5.41, 5.74) is 6.46. The van der Waals surface area contributed by atoms with E-state index in [1.807, 2.05) is 18.2 Å². The molecule has 15 heavy (non-hydrogen) atoms. The van der Waals surface area contributed by atoms with E-state index in [2.05, 4.69) is 17.6 Å². The van der Waals surface area contributed by atoms with E-state index in [1.54, 1.807) is 0 Å². The first-order valence-corrected chi connectivity index (χ1v) is 5.28. The van der Waals surface area contributed by atoms with Gasteiger partial charge in [0.1, 0.15) is 6.29 Å². The van der Waals surface area contributed by atoms with Gasteiger partial charge in [0.25, 0.3) is 0 Å². The average molecular weight is 211 g/mol. The smallest absolute Gasteiger partial charge is 0.133 e. The number of aldehydes is 1. The van der Waals surface area contributed by atoms with Crippen molar-refractivity contribution >= 4 is 6.29 Å². The highest BCUT2D eigenvalue weighted by molar-refractivity contribution is 5.51. The maximum absolute atomic E-state index is 9.96. The lowest BCUT2D eigenvalue weighted by Gasteiger charge is -2.01. The van der Waals surface area contributed by atoms with E-state index in [0.717, 1.165) is 38.0 Å². The molecule has 86 valence electrons. The van der Waals surface area contributed by atoms with E-state index < -0.39 is 0 Å². The Labute approximate surface area is 91.6 Å². The molecule has 0 amide bonds. The summed E-state index contributed by atoms with van der Waals surface area (Å²) in [5, 5.41) is 6.16. The molecular weight excluding hydrogens is 190 g/mol. The summed E-state index contributed by atoms with van der Waals surface area (Å²) in [5.74, 6) is 0. The number of allylic oxidation sites excluding steroid dienone is 2. The van der Waals surface area contributed by atoms with Crippen LogP contribution in [0.4, 0.5) is 0 Å². The second-order valence-electron chi connectivity index (χ2n) is 3.09. The zero-order chi connectivity index (χ0) is 11.4. The first-order chi connectivity index (χ1) is 7.31. The molecule has 0 aliphatic carbocycles. The summed E-state index contributed by atoms with van der Waals surface area (Å²) >= 11 is 0. The fourth-order valence-electron chi connectivity index (χ4n) is 1.02. The summed E-state index contributed by atoms with van der Waals surface area (Å²) in [6, 6.07) is 0. The Balaban J connectivity index is 3.30. The van der Waals surface area contributed by atoms with Crippen LogP contribution in [0.25, 0.3) is 0 Å². The van der Waals surface area contributed by atoms with E-state index in [4.69, 9.17) is 5.73 Å². The van der Waals surface area contributed by atoms with Crippen LogP contribution < -0.4 is 16.4 Å². The number of nitrogens with two attached hydrogens (primary N) is 1. The van der Waals surface area contributed by atoms with Crippen molar-refractivity contribution in [2.45, 2.75) is 13.3 Å². The summed E-state index contributed by atoms with van der Waals surface area (Å²) in [6.45, 7) is 4.91. The zero-order valence-electron chi connectivity index (χ0n) is 9.33. The van der Waals surface area contributed by atoms with Crippen LogP contribution >= 0.6 is 0 Å². The summed E-state index contributed by atoms with van der Waals surface area (Å²) in [7, 11) is 0. The molecule has 0 bridgehead atoms. The number of rotatable bonds is 9. The molecule has 0 aromatic rings. The maximum Gasteiger partial charge on any atom is 0.133 e. The van der Waals surface area contributed by atoms with Gasteiger partial charge in [-0.05, 0) is 12.5 Å². The Morgan fingerprint density at radius 3 is 2.53 bits per heavy atom. The van der Waals surface area contributed by atoms with Gasteiger partial charge in [-0.1, -0.05) is 19.1 Å². The molecule has 4 nitrogen and oxygen atoms in total. The molecule has 0 rings (SSSR count). The van der Waals surface area contributed by atoms with Crippen LogP contribution in [-0.2, 0) is 4.79 Å². The second kappa shape index (κ2) is 10.9. The maximum atomic E-state index is 9.96. The average Bonchev–Trinajstić information content (AvgIpc) is 2.22. The van der Waals surface area contributed by atoms with Crippen LogP contribution in [0.2, 0.25) is 0 Å². The highest BCUT2D eigenvalue weighted by Gasteiger charge is 1.84. The molecule has 4 heteroatoms. The quantitative estimate of drug-likeness (QED) is 0.289. The Kier molecular flexibility index (Phi) is 10.1. The van der Waals surface area contributed by atoms with Gasteiger partial charge in [0.05, 0.1) is 6.54 Å². The molecule has 4 N–H and O–H groups in total. The molecule has 0 aliphatic heterocycles. The number of hydrogen-bond donors (Lipinski definition) is 3. The lowest BCUT2D eigenvalue weighted by molar-refractivity contribution is -0.107. The summed E-state index contributed by atoms with van der Waals surface area (Å²) in [4.78, 5) is 9.96. The molecule has 0 radical (unpaired) electrons. The lowest BCUT2D eigenvalue weighted by atomic mass is 10.3. The van der Waals surface area contributed by atoms with Gasteiger partial charge in [-0.2, -0.15) is 0 Å². The Hall–Kier alpha value is -1.13. The van der Waals surface area contributed by atoms with E-state index >= 15 is 0 Å². The molecule has 0 spiro atoms. The van der Waals surface area contributed by atoms with Crippen molar-refractivity contribution in [2.24, 2.45) is 5.73 Å². The van der Waals surface area contributed by atoms with Crippen molar-refractivity contribution in [2.75, 3.05) is 26.2 Å². The Morgan fingerprint density at radius 1 is 1.27 bits per heavy atom. The monoisotopic (exact) mass is 211 g/mol. The molecule has 0 fully saturated rings. The Bertz CT molecular complexity index is 212. The fraction of sp³-hybridized carbons (Fsp3) is 0.545. The van der Waals surface area contributed by atoms with Crippen molar-refractivity contribution in [1.29, 1.82) is 0 Å². The van der Waals surface area contributed by atoms with Gasteiger partial charge in [0, 0.05) is 25.3 Å². The molecule has 0 aliphatic rings. The van der Waals surface area contributed by atoms with Gasteiger partial charge in [-0.3, -0.25) is 0 Å². The fourth-order valence-corrected chi connectivity index (χ4v) is 1.02. The molecule has 0 aromatic heterocycles. The molecule has 0 atom stereocenters. The minimum atomic E-state index is 0.420. The number of carbonyl (C=O) groups excluding carboxylic acids is 1. The third kappa shape index (κ3) is 10.8. The van der Waals surface area contributed by atoms with Crippen LogP contribution in [0.5, 0.6) is 0 Å². The first kappa shape index (κ1) is 13.9. The van der Waals surface area contributed by atoms with E-state index in [1.165, 1.54) is 0 Å². The number of carbonyl (C=O) groups is 1. The second-order valence-corrected chi connectivity index (χ2v) is 3.09. The van der Waals surface area contributed by atoms with Gasteiger partial charge in [0.15, 0.2) is 0 Å². The van der Waals surface area contributed by atoms with Crippen molar-refractivity contribution in [3.05, 3.63) is 23.9 Å². The molecule has 0 heterocycles. The van der Waals surface area contributed by atoms with Crippen molar-refractivity contribution in [3.63, 3.8) is 0 Å². The van der Waals surface area contributed by atoms with Crippen LogP contribution in [0.1, 0.15) is 13.3 Å². The van der Waals surface area contributed by atoms with Crippen LogP contribution in [0.15, 0.2) is 23.9 Å². The van der Waals surface area contributed by atoms with Gasteiger partial charge in [-0.15, -0.1) is 0 Å². The SMILES string of the molecule is CC/C=C(N)\C=C/CNCCNCC=O. The van der Waals surface area contributed by atoms with E-state index in [9.17, 15) is 4.79 Å². The minimum absolute atomic E-state index is 0.420. The van der Waals surface area contributed by atoms with Crippen molar-refractivity contribution < 1.29 is 4.79 Å². The molecular formula is C11H21N3O. The first-order valence-electron chi connectivity index (χ1n) is 5.28. The predicted octanol–water partition coefficient (Wildman–Crippen LogP) is 0.173. The van der Waals surface area contributed by atoms with Gasteiger partial charge >= 0.3 is 0 Å². The standard InChI is InChI=1S/C11H21N3O/c1-2-4-11(12)5-3-6-13-7-8-14-9-10-15/h3-5,10,13-14H,2,6-9,12H2,1H3/b5-3-,11-4+. The highest BCUT2D eigenvalue weighted by atomic mass is 16.1. The van der Waals surface area contributed by atoms with Gasteiger partial charge in [0.2, 0.25) is 0 Å². The summed E-state index contributed by atoms with van der Waals surface area (Å²) < 4.78 is 0. The number of hydrogen-bond acceptors (Lipinski definition) is 4. The lowest BCUT2D eigenvalue weighted by Crippen LogP contribution is -2.28. The Morgan fingerprint density at radius 2 is 1.93 bits per heavy atom. The highest BCUT2D eigenvalue weighted by Crippen LogP contribution is 1.88. The van der Waals surface area contributed by atoms with E-state index in [-0.39, 0.29) is 0 Å². The van der Waals surface area contributed by atoms with Crippen LogP contribution in [0.3, 0.4) is 0 Å². The third-order valence-corrected chi connectivity index (χ3v) is 1.72. The minimum Gasteiger partial charge on any atom is -0.399 e. The molecule has 0 saturated heterocycles. The van der Waals surface area contributed by atoms with Gasteiger partial charge in [-0.25, -0.2) is 0 Å². The number of nitrogens with one attached hydrogen (secondary N) is 2. The normalized spacial score (nSPS) is 12.2. The van der Waals surface area contributed by atoms with Crippen LogP contribution in [0, 0.1) is 0 Å². The van der Waals surface area contributed by atoms with Crippen molar-refractivity contribution in [1.82, 2.24) is 10.6 Å². The zero-order valence-corrected chi connectivity index (χ0v) is 9.33. The van der Waals surface area contributed by atoms with Crippen LogP contribution in [-0.4, -0.2) is 32.5 Å². The van der Waals surface area contributed by atoms with Crippen molar-refractivity contribution in [3.8, 4) is 0 Å². The molecule has 0 unspecified atom stereocenters. The summed E-state index contributed by atoms with van der Waals surface area (Å²) in [6.07, 6.45) is 7.67. The molecule has 0 aromatic carbocycles. The van der Waals surface area contributed by atoms with Gasteiger partial charge < -0.3 is 21.2 Å². The molecule has 0 saturated carbocycles. The largest absolute Gasteiger partial charge is 0.399 e.